The number of para-hydroxylation sites is 1. The molecule has 1 unspecified atom stereocenters. The largest absolute Gasteiger partial charge is 0.493 e. The summed E-state index contributed by atoms with van der Waals surface area (Å²) >= 11 is 0. The lowest BCUT2D eigenvalue weighted by molar-refractivity contribution is -0.124. The van der Waals surface area contributed by atoms with Crippen LogP contribution < -0.4 is 20.5 Å². The van der Waals surface area contributed by atoms with Gasteiger partial charge in [-0.2, -0.15) is 0 Å². The minimum atomic E-state index is -0.633. The second kappa shape index (κ2) is 6.61. The zero-order chi connectivity index (χ0) is 14.5. The number of ether oxygens (including phenoxy) is 2. The van der Waals surface area contributed by atoms with Gasteiger partial charge in [0.05, 0.1) is 7.11 Å². The summed E-state index contributed by atoms with van der Waals surface area (Å²) in [5, 5.41) is 3.43. The van der Waals surface area contributed by atoms with Crippen LogP contribution in [0.4, 0.5) is 0 Å². The van der Waals surface area contributed by atoms with Gasteiger partial charge in [-0.3, -0.25) is 4.79 Å². The van der Waals surface area contributed by atoms with Gasteiger partial charge in [-0.1, -0.05) is 19.1 Å². The van der Waals surface area contributed by atoms with Crippen molar-refractivity contribution >= 4 is 5.91 Å². The van der Waals surface area contributed by atoms with Crippen molar-refractivity contribution in [3.05, 3.63) is 23.8 Å². The Morgan fingerprint density at radius 3 is 2.80 bits per heavy atom. The Hall–Kier alpha value is -1.75. The summed E-state index contributed by atoms with van der Waals surface area (Å²) in [6, 6.07) is 6.32. The average molecular weight is 278 g/mol. The summed E-state index contributed by atoms with van der Waals surface area (Å²) in [5.41, 5.74) is 6.33. The van der Waals surface area contributed by atoms with Crippen LogP contribution in [0, 0.1) is 0 Å². The minimum Gasteiger partial charge on any atom is -0.493 e. The molecular weight excluding hydrogens is 256 g/mol. The lowest BCUT2D eigenvalue weighted by atomic mass is 10.1. The normalized spacial score (nSPS) is 15.7. The molecule has 1 aliphatic rings. The third kappa shape index (κ3) is 3.63. The molecule has 110 valence electrons. The van der Waals surface area contributed by atoms with Crippen LogP contribution in [0.3, 0.4) is 0 Å². The number of hydrogen-bond donors (Lipinski definition) is 2. The molecule has 1 amide bonds. The topological polar surface area (TPSA) is 73.6 Å². The Labute approximate surface area is 119 Å². The van der Waals surface area contributed by atoms with Crippen molar-refractivity contribution in [1.82, 2.24) is 5.32 Å². The molecule has 0 heterocycles. The zero-order valence-electron chi connectivity index (χ0n) is 12.0. The lowest BCUT2D eigenvalue weighted by Gasteiger charge is -2.19. The predicted octanol–water partition coefficient (Wildman–Crippen LogP) is 1.59. The first-order chi connectivity index (χ1) is 9.65. The first kappa shape index (κ1) is 14.7. The highest BCUT2D eigenvalue weighted by atomic mass is 16.5. The molecule has 0 radical (unpaired) electrons. The monoisotopic (exact) mass is 278 g/mol. The summed E-state index contributed by atoms with van der Waals surface area (Å²) in [6.07, 6.45) is 2.34. The third-order valence-electron chi connectivity index (χ3n) is 3.39. The number of hydrogen-bond acceptors (Lipinski definition) is 4. The molecule has 1 aromatic rings. The maximum Gasteiger partial charge on any atom is 0.258 e. The Kier molecular flexibility index (Phi) is 4.84. The number of benzene rings is 1. The van der Waals surface area contributed by atoms with E-state index in [-0.39, 0.29) is 0 Å². The molecule has 5 nitrogen and oxygen atoms in total. The van der Waals surface area contributed by atoms with Crippen molar-refractivity contribution < 1.29 is 14.3 Å². The van der Waals surface area contributed by atoms with Crippen LogP contribution in [0.25, 0.3) is 0 Å². The van der Waals surface area contributed by atoms with E-state index in [0.29, 0.717) is 30.5 Å². The summed E-state index contributed by atoms with van der Waals surface area (Å²) in [5.74, 6) is 0.771. The van der Waals surface area contributed by atoms with E-state index in [9.17, 15) is 4.79 Å². The summed E-state index contributed by atoms with van der Waals surface area (Å²) in [6.45, 7) is 2.57. The van der Waals surface area contributed by atoms with Crippen molar-refractivity contribution in [1.29, 1.82) is 0 Å². The van der Waals surface area contributed by atoms with Crippen LogP contribution >= 0.6 is 0 Å². The Morgan fingerprint density at radius 1 is 1.50 bits per heavy atom. The van der Waals surface area contributed by atoms with E-state index in [1.165, 1.54) is 12.8 Å². The number of methoxy groups -OCH3 is 1. The maximum atomic E-state index is 11.4. The molecule has 0 aliphatic heterocycles. The van der Waals surface area contributed by atoms with E-state index in [4.69, 9.17) is 15.2 Å². The fourth-order valence-electron chi connectivity index (χ4n) is 2.02. The number of nitrogens with one attached hydrogen (secondary N) is 1. The number of carbonyl (C=O) groups is 1. The van der Waals surface area contributed by atoms with Crippen LogP contribution in [-0.2, 0) is 11.3 Å². The van der Waals surface area contributed by atoms with Crippen LogP contribution in [0.5, 0.6) is 11.5 Å². The van der Waals surface area contributed by atoms with Crippen molar-refractivity contribution in [3.8, 4) is 11.5 Å². The van der Waals surface area contributed by atoms with E-state index in [2.05, 4.69) is 5.32 Å². The zero-order valence-corrected chi connectivity index (χ0v) is 12.0. The fourth-order valence-corrected chi connectivity index (χ4v) is 2.02. The van der Waals surface area contributed by atoms with Gasteiger partial charge in [-0.05, 0) is 25.3 Å². The Balaban J connectivity index is 2.18. The van der Waals surface area contributed by atoms with Gasteiger partial charge in [0.15, 0.2) is 17.6 Å². The van der Waals surface area contributed by atoms with Gasteiger partial charge >= 0.3 is 0 Å². The first-order valence-corrected chi connectivity index (χ1v) is 7.01. The number of carbonyl (C=O) groups excluding carboxylic acids is 1. The van der Waals surface area contributed by atoms with Gasteiger partial charge in [0.2, 0.25) is 0 Å². The standard InChI is InChI=1S/C15H22N2O3/c1-3-12(15(16)18)20-14-10(9-17-11-7-8-11)5-4-6-13(14)19-2/h4-6,11-12,17H,3,7-9H2,1-2H3,(H2,16,18). The smallest absolute Gasteiger partial charge is 0.258 e. The van der Waals surface area contributed by atoms with E-state index >= 15 is 0 Å². The molecule has 1 fully saturated rings. The second-order valence-corrected chi connectivity index (χ2v) is 5.02. The molecule has 0 bridgehead atoms. The molecule has 0 spiro atoms. The van der Waals surface area contributed by atoms with Gasteiger partial charge < -0.3 is 20.5 Å². The second-order valence-electron chi connectivity index (χ2n) is 5.02. The fraction of sp³-hybridized carbons (Fsp3) is 0.533. The van der Waals surface area contributed by atoms with E-state index < -0.39 is 12.0 Å². The maximum absolute atomic E-state index is 11.4. The van der Waals surface area contributed by atoms with Crippen LogP contribution in [-0.4, -0.2) is 25.2 Å². The summed E-state index contributed by atoms with van der Waals surface area (Å²) in [7, 11) is 1.59. The minimum absolute atomic E-state index is 0.459. The quantitative estimate of drug-likeness (QED) is 0.757. The summed E-state index contributed by atoms with van der Waals surface area (Å²) < 4.78 is 11.1. The van der Waals surface area contributed by atoms with E-state index in [1.807, 2.05) is 25.1 Å². The molecule has 5 heteroatoms. The van der Waals surface area contributed by atoms with Crippen molar-refractivity contribution in [2.45, 2.75) is 44.9 Å². The molecule has 1 atom stereocenters. The SMILES string of the molecule is CCC(Oc1c(CNC2CC2)cccc1OC)C(N)=O. The van der Waals surface area contributed by atoms with Crippen LogP contribution in [0.1, 0.15) is 31.7 Å². The highest BCUT2D eigenvalue weighted by Gasteiger charge is 2.23. The van der Waals surface area contributed by atoms with Gasteiger partial charge in [0.25, 0.3) is 5.91 Å². The Bertz CT molecular complexity index is 472. The van der Waals surface area contributed by atoms with Gasteiger partial charge in [-0.25, -0.2) is 0 Å². The van der Waals surface area contributed by atoms with Crippen LogP contribution in [0.15, 0.2) is 18.2 Å². The predicted molar refractivity (Wildman–Crippen MR) is 76.8 cm³/mol. The molecular formula is C15H22N2O3. The highest BCUT2D eigenvalue weighted by Crippen LogP contribution is 2.33. The first-order valence-electron chi connectivity index (χ1n) is 7.01. The highest BCUT2D eigenvalue weighted by molar-refractivity contribution is 5.79. The van der Waals surface area contributed by atoms with E-state index in [0.717, 1.165) is 5.56 Å². The van der Waals surface area contributed by atoms with Crippen LogP contribution in [0.2, 0.25) is 0 Å². The molecule has 20 heavy (non-hydrogen) atoms. The average Bonchev–Trinajstić information content (AvgIpc) is 3.26. The number of nitrogens with two attached hydrogens (primary N) is 1. The molecule has 1 aliphatic carbocycles. The van der Waals surface area contributed by atoms with Gasteiger partial charge in [-0.15, -0.1) is 0 Å². The molecule has 0 aromatic heterocycles. The summed E-state index contributed by atoms with van der Waals surface area (Å²) in [4.78, 5) is 11.4. The van der Waals surface area contributed by atoms with Gasteiger partial charge in [0, 0.05) is 18.2 Å². The van der Waals surface area contributed by atoms with Crippen molar-refractivity contribution in [3.63, 3.8) is 0 Å². The molecule has 3 N–H and O–H groups in total. The lowest BCUT2D eigenvalue weighted by Crippen LogP contribution is -2.33. The number of primary amides is 1. The molecule has 0 saturated heterocycles. The van der Waals surface area contributed by atoms with E-state index in [1.54, 1.807) is 7.11 Å². The van der Waals surface area contributed by atoms with Gasteiger partial charge in [0.1, 0.15) is 0 Å². The third-order valence-corrected chi connectivity index (χ3v) is 3.39. The Morgan fingerprint density at radius 2 is 2.25 bits per heavy atom. The molecule has 1 saturated carbocycles. The van der Waals surface area contributed by atoms with Crippen molar-refractivity contribution in [2.75, 3.05) is 7.11 Å². The van der Waals surface area contributed by atoms with Crippen molar-refractivity contribution in [2.24, 2.45) is 5.73 Å². The number of amides is 1. The number of rotatable bonds is 8. The molecule has 1 aromatic carbocycles. The molecule has 2 rings (SSSR count).